The number of esters is 1. The third-order valence-electron chi connectivity index (χ3n) is 4.23. The van der Waals surface area contributed by atoms with Crippen molar-refractivity contribution in [2.24, 2.45) is 5.73 Å². The molecule has 0 spiro atoms. The summed E-state index contributed by atoms with van der Waals surface area (Å²) < 4.78 is 25.7. The second-order valence-electron chi connectivity index (χ2n) is 6.02. The highest BCUT2D eigenvalue weighted by molar-refractivity contribution is 6.01. The van der Waals surface area contributed by atoms with E-state index in [4.69, 9.17) is 14.9 Å². The van der Waals surface area contributed by atoms with Gasteiger partial charge >= 0.3 is 5.97 Å². The molecule has 3 N–H and O–H groups in total. The van der Waals surface area contributed by atoms with Crippen LogP contribution in [-0.4, -0.2) is 28.2 Å². The number of halogens is 1. The molecular weight excluding hydrogens is 353 g/mol. The van der Waals surface area contributed by atoms with E-state index in [2.05, 4.69) is 10.2 Å². The van der Waals surface area contributed by atoms with E-state index >= 15 is 4.39 Å². The fraction of sp³-hybridized carbons (Fsp3) is 0.105. The standard InChI is InChI=1S/C19H14FN3O4/c1-9(18(21)24)26-19(25)11-6-7-12-15(16(11)20)17(23-22-12)14-8-10-4-2-3-5-13(10)27-14/h2-9H,1H3,(H2,21,24)(H,22,23)/t9-/m0/s1. The van der Waals surface area contributed by atoms with Crippen LogP contribution in [0.4, 0.5) is 4.39 Å². The third-order valence-corrected chi connectivity index (χ3v) is 4.23. The number of carbonyl (C=O) groups excluding carboxylic acids is 2. The molecule has 0 aliphatic rings. The lowest BCUT2D eigenvalue weighted by Gasteiger charge is -2.10. The molecule has 0 fully saturated rings. The zero-order chi connectivity index (χ0) is 19.1. The molecule has 8 heteroatoms. The molecular formula is C19H14FN3O4. The third kappa shape index (κ3) is 2.80. The molecule has 0 radical (unpaired) electrons. The molecule has 4 aromatic rings. The number of fused-ring (bicyclic) bond motifs is 2. The largest absolute Gasteiger partial charge is 0.454 e. The molecule has 0 saturated carbocycles. The first kappa shape index (κ1) is 16.8. The summed E-state index contributed by atoms with van der Waals surface area (Å²) in [4.78, 5) is 23.3. The number of aromatic nitrogens is 2. The number of hydrogen-bond donors (Lipinski definition) is 2. The molecule has 1 amide bonds. The Balaban J connectivity index is 1.82. The lowest BCUT2D eigenvalue weighted by molar-refractivity contribution is -0.125. The van der Waals surface area contributed by atoms with Crippen LogP contribution in [0.25, 0.3) is 33.3 Å². The molecule has 0 unspecified atom stereocenters. The maximum atomic E-state index is 15.1. The molecule has 4 rings (SSSR count). The van der Waals surface area contributed by atoms with Crippen LogP contribution in [0.1, 0.15) is 17.3 Å². The van der Waals surface area contributed by atoms with Crippen molar-refractivity contribution in [1.29, 1.82) is 0 Å². The summed E-state index contributed by atoms with van der Waals surface area (Å²) >= 11 is 0. The van der Waals surface area contributed by atoms with Gasteiger partial charge in [0.15, 0.2) is 11.9 Å². The number of rotatable bonds is 4. The first-order chi connectivity index (χ1) is 13.0. The number of carbonyl (C=O) groups is 2. The summed E-state index contributed by atoms with van der Waals surface area (Å²) in [5.74, 6) is -2.27. The molecule has 27 heavy (non-hydrogen) atoms. The van der Waals surface area contributed by atoms with Gasteiger partial charge in [0, 0.05) is 5.39 Å². The number of aromatic amines is 1. The van der Waals surface area contributed by atoms with Crippen LogP contribution in [0, 0.1) is 5.82 Å². The minimum absolute atomic E-state index is 0.0928. The molecule has 7 nitrogen and oxygen atoms in total. The normalized spacial score (nSPS) is 12.4. The van der Waals surface area contributed by atoms with Crippen molar-refractivity contribution in [2.75, 3.05) is 0 Å². The Kier molecular flexibility index (Phi) is 3.88. The molecule has 2 aromatic carbocycles. The summed E-state index contributed by atoms with van der Waals surface area (Å²) in [6.07, 6.45) is -1.17. The monoisotopic (exact) mass is 367 g/mol. The lowest BCUT2D eigenvalue weighted by atomic mass is 10.1. The number of para-hydroxylation sites is 1. The molecule has 2 aromatic heterocycles. The van der Waals surface area contributed by atoms with Gasteiger partial charge < -0.3 is 14.9 Å². The van der Waals surface area contributed by atoms with Crippen molar-refractivity contribution in [1.82, 2.24) is 10.2 Å². The molecule has 0 aliphatic carbocycles. The number of hydrogen-bond acceptors (Lipinski definition) is 5. The number of benzene rings is 2. The van der Waals surface area contributed by atoms with Gasteiger partial charge in [-0.1, -0.05) is 18.2 Å². The van der Waals surface area contributed by atoms with Gasteiger partial charge in [0.1, 0.15) is 17.1 Å². The van der Waals surface area contributed by atoms with Gasteiger partial charge in [-0.3, -0.25) is 9.89 Å². The number of H-pyrrole nitrogens is 1. The van der Waals surface area contributed by atoms with Crippen LogP contribution < -0.4 is 5.73 Å². The molecule has 2 heterocycles. The highest BCUT2D eigenvalue weighted by Crippen LogP contribution is 2.33. The van der Waals surface area contributed by atoms with Crippen molar-refractivity contribution in [3.63, 3.8) is 0 Å². The van der Waals surface area contributed by atoms with E-state index in [1.165, 1.54) is 19.1 Å². The first-order valence-corrected chi connectivity index (χ1v) is 8.11. The number of nitrogens with zero attached hydrogens (tertiary/aromatic N) is 1. The minimum Gasteiger partial charge on any atom is -0.454 e. The van der Waals surface area contributed by atoms with E-state index in [1.807, 2.05) is 18.2 Å². The van der Waals surface area contributed by atoms with Gasteiger partial charge in [-0.05, 0) is 31.2 Å². The molecule has 1 atom stereocenters. The summed E-state index contributed by atoms with van der Waals surface area (Å²) in [5.41, 5.74) is 6.01. The molecule has 0 aliphatic heterocycles. The van der Waals surface area contributed by atoms with Crippen LogP contribution in [0.15, 0.2) is 46.9 Å². The average molecular weight is 367 g/mol. The van der Waals surface area contributed by atoms with Crippen LogP contribution in [0.2, 0.25) is 0 Å². The van der Waals surface area contributed by atoms with Crippen molar-refractivity contribution in [3.8, 4) is 11.5 Å². The van der Waals surface area contributed by atoms with E-state index in [0.29, 0.717) is 16.9 Å². The lowest BCUT2D eigenvalue weighted by Crippen LogP contribution is -2.30. The smallest absolute Gasteiger partial charge is 0.341 e. The fourth-order valence-electron chi connectivity index (χ4n) is 2.79. The van der Waals surface area contributed by atoms with Crippen molar-refractivity contribution in [2.45, 2.75) is 13.0 Å². The maximum Gasteiger partial charge on any atom is 0.341 e. The zero-order valence-corrected chi connectivity index (χ0v) is 14.2. The maximum absolute atomic E-state index is 15.1. The van der Waals surface area contributed by atoms with E-state index < -0.39 is 23.8 Å². The van der Waals surface area contributed by atoms with E-state index in [9.17, 15) is 9.59 Å². The van der Waals surface area contributed by atoms with Crippen LogP contribution in [-0.2, 0) is 9.53 Å². The van der Waals surface area contributed by atoms with Crippen molar-refractivity contribution >= 4 is 33.7 Å². The van der Waals surface area contributed by atoms with Crippen LogP contribution in [0.5, 0.6) is 0 Å². The van der Waals surface area contributed by atoms with Gasteiger partial charge in [-0.2, -0.15) is 5.10 Å². The number of amides is 1. The first-order valence-electron chi connectivity index (χ1n) is 8.11. The fourth-order valence-corrected chi connectivity index (χ4v) is 2.79. The molecule has 0 saturated heterocycles. The van der Waals surface area contributed by atoms with Crippen molar-refractivity contribution in [3.05, 3.63) is 53.8 Å². The van der Waals surface area contributed by atoms with E-state index in [1.54, 1.807) is 12.1 Å². The SMILES string of the molecule is C[C@H](OC(=O)c1ccc2[nH]nc(-c3cc4ccccc4o3)c2c1F)C(N)=O. The Bertz CT molecular complexity index is 1160. The topological polar surface area (TPSA) is 111 Å². The van der Waals surface area contributed by atoms with E-state index in [-0.39, 0.29) is 16.6 Å². The second-order valence-corrected chi connectivity index (χ2v) is 6.02. The number of furan rings is 1. The molecule has 0 bridgehead atoms. The number of nitrogens with one attached hydrogen (secondary N) is 1. The quantitative estimate of drug-likeness (QED) is 0.538. The second kappa shape index (κ2) is 6.24. The van der Waals surface area contributed by atoms with Gasteiger partial charge in [-0.15, -0.1) is 0 Å². The highest BCUT2D eigenvalue weighted by Gasteiger charge is 2.24. The summed E-state index contributed by atoms with van der Waals surface area (Å²) in [6.45, 7) is 1.31. The van der Waals surface area contributed by atoms with Crippen LogP contribution in [0.3, 0.4) is 0 Å². The minimum atomic E-state index is -1.17. The zero-order valence-electron chi connectivity index (χ0n) is 14.2. The number of ether oxygens (including phenoxy) is 1. The van der Waals surface area contributed by atoms with Gasteiger partial charge in [0.25, 0.3) is 5.91 Å². The Morgan fingerprint density at radius 3 is 2.78 bits per heavy atom. The Morgan fingerprint density at radius 1 is 1.26 bits per heavy atom. The van der Waals surface area contributed by atoms with Gasteiger partial charge in [0.2, 0.25) is 0 Å². The Hall–Kier alpha value is -3.68. The Morgan fingerprint density at radius 2 is 2.04 bits per heavy atom. The summed E-state index contributed by atoms with van der Waals surface area (Å²) in [5, 5.41) is 7.78. The van der Waals surface area contributed by atoms with Gasteiger partial charge in [-0.25, -0.2) is 9.18 Å². The Labute approximate surface area is 151 Å². The van der Waals surface area contributed by atoms with Gasteiger partial charge in [0.05, 0.1) is 16.5 Å². The summed E-state index contributed by atoms with van der Waals surface area (Å²) in [6, 6.07) is 11.8. The van der Waals surface area contributed by atoms with Crippen molar-refractivity contribution < 1.29 is 23.1 Å². The number of primary amides is 1. The van der Waals surface area contributed by atoms with E-state index in [0.717, 1.165) is 5.39 Å². The summed E-state index contributed by atoms with van der Waals surface area (Å²) in [7, 11) is 0. The van der Waals surface area contributed by atoms with Crippen LogP contribution >= 0.6 is 0 Å². The predicted molar refractivity (Wildman–Crippen MR) is 95.3 cm³/mol. The molecule has 136 valence electrons. The number of nitrogens with two attached hydrogens (primary N) is 1. The highest BCUT2D eigenvalue weighted by atomic mass is 19.1. The predicted octanol–water partition coefficient (Wildman–Crippen LogP) is 3.15. The average Bonchev–Trinajstić information content (AvgIpc) is 3.25.